The largest absolute Gasteiger partial charge is 0.383 e. The van der Waals surface area contributed by atoms with Crippen molar-refractivity contribution < 1.29 is 9.59 Å². The van der Waals surface area contributed by atoms with Crippen molar-refractivity contribution in [1.29, 1.82) is 0 Å². The third-order valence-corrected chi connectivity index (χ3v) is 7.45. The number of anilines is 2. The highest BCUT2D eigenvalue weighted by atomic mass is 16.2. The summed E-state index contributed by atoms with van der Waals surface area (Å²) in [4.78, 5) is 31.7. The summed E-state index contributed by atoms with van der Waals surface area (Å²) in [5.74, 6) is 0.0615. The third-order valence-electron chi connectivity index (χ3n) is 7.45. The molecule has 2 aromatic carbocycles. The molecule has 6 rings (SSSR count). The molecule has 4 heterocycles. The SMILES string of the molecule is C=CC(=O)N1CCCC(n2nc(-c3ccc(C(=O)Nc4ccccc4)cc3)c3c(N)ncc(-c4cnn(C)c4)c32)C1. The molecule has 1 aliphatic rings. The highest BCUT2D eigenvalue weighted by molar-refractivity contribution is 6.07. The predicted molar refractivity (Wildman–Crippen MR) is 159 cm³/mol. The summed E-state index contributed by atoms with van der Waals surface area (Å²) >= 11 is 0. The summed E-state index contributed by atoms with van der Waals surface area (Å²) in [6.07, 6.45) is 8.52. The maximum absolute atomic E-state index is 12.8. The Kier molecular flexibility index (Phi) is 6.80. The molecular formula is C31H30N8O2. The first kappa shape index (κ1) is 26.0. The Morgan fingerprint density at radius 3 is 2.56 bits per heavy atom. The lowest BCUT2D eigenvalue weighted by atomic mass is 10.0. The van der Waals surface area contributed by atoms with E-state index in [0.717, 1.165) is 46.1 Å². The summed E-state index contributed by atoms with van der Waals surface area (Å²) < 4.78 is 3.73. The molecule has 1 fully saturated rings. The van der Waals surface area contributed by atoms with E-state index in [2.05, 4.69) is 22.0 Å². The number of para-hydroxylation sites is 1. The molecule has 1 unspecified atom stereocenters. The van der Waals surface area contributed by atoms with Gasteiger partial charge in [0.05, 0.1) is 23.1 Å². The minimum Gasteiger partial charge on any atom is -0.383 e. The van der Waals surface area contributed by atoms with Gasteiger partial charge in [-0.05, 0) is 43.2 Å². The normalized spacial score (nSPS) is 15.1. The molecular weight excluding hydrogens is 516 g/mol. The number of aryl methyl sites for hydroxylation is 1. The Bertz CT molecular complexity index is 1750. The summed E-state index contributed by atoms with van der Waals surface area (Å²) in [5, 5.41) is 13.1. The van der Waals surface area contributed by atoms with Gasteiger partial charge in [0.2, 0.25) is 5.91 Å². The van der Waals surface area contributed by atoms with Gasteiger partial charge in [0.1, 0.15) is 11.5 Å². The number of pyridine rings is 1. The molecule has 3 N–H and O–H groups in total. The van der Waals surface area contributed by atoms with E-state index in [-0.39, 0.29) is 17.9 Å². The van der Waals surface area contributed by atoms with Crippen LogP contribution in [0.2, 0.25) is 0 Å². The maximum atomic E-state index is 12.8. The second-order valence-electron chi connectivity index (χ2n) is 10.2. The van der Waals surface area contributed by atoms with Gasteiger partial charge in [-0.15, -0.1) is 0 Å². The average molecular weight is 547 g/mol. The van der Waals surface area contributed by atoms with Crippen LogP contribution in [0.4, 0.5) is 11.5 Å². The molecule has 1 aliphatic heterocycles. The summed E-state index contributed by atoms with van der Waals surface area (Å²) in [5.41, 5.74) is 11.8. The van der Waals surface area contributed by atoms with Gasteiger partial charge in [0.15, 0.2) is 0 Å². The van der Waals surface area contributed by atoms with Gasteiger partial charge in [-0.2, -0.15) is 10.2 Å². The van der Waals surface area contributed by atoms with E-state index >= 15 is 0 Å². The number of benzene rings is 2. The highest BCUT2D eigenvalue weighted by Gasteiger charge is 2.29. The van der Waals surface area contributed by atoms with Gasteiger partial charge in [-0.25, -0.2) is 4.98 Å². The van der Waals surface area contributed by atoms with E-state index in [1.807, 2.05) is 65.3 Å². The lowest BCUT2D eigenvalue weighted by Gasteiger charge is -2.32. The smallest absolute Gasteiger partial charge is 0.255 e. The van der Waals surface area contributed by atoms with E-state index in [0.29, 0.717) is 30.2 Å². The summed E-state index contributed by atoms with van der Waals surface area (Å²) in [6.45, 7) is 4.85. The zero-order valence-electron chi connectivity index (χ0n) is 22.7. The Hall–Kier alpha value is -5.25. The molecule has 0 spiro atoms. The molecule has 1 atom stereocenters. The number of aromatic nitrogens is 5. The number of likely N-dealkylation sites (tertiary alicyclic amines) is 1. The van der Waals surface area contributed by atoms with E-state index in [4.69, 9.17) is 10.8 Å². The topological polar surface area (TPSA) is 124 Å². The van der Waals surface area contributed by atoms with E-state index < -0.39 is 0 Å². The monoisotopic (exact) mass is 546 g/mol. The van der Waals surface area contributed by atoms with E-state index in [9.17, 15) is 9.59 Å². The first-order valence-electron chi connectivity index (χ1n) is 13.5. The molecule has 2 amide bonds. The van der Waals surface area contributed by atoms with Crippen LogP contribution in [0.3, 0.4) is 0 Å². The molecule has 206 valence electrons. The van der Waals surface area contributed by atoms with Gasteiger partial charge >= 0.3 is 0 Å². The molecule has 0 aliphatic carbocycles. The Morgan fingerprint density at radius 1 is 1.07 bits per heavy atom. The fraction of sp³-hybridized carbons (Fsp3) is 0.194. The number of fused-ring (bicyclic) bond motifs is 1. The maximum Gasteiger partial charge on any atom is 0.255 e. The van der Waals surface area contributed by atoms with Gasteiger partial charge in [-0.1, -0.05) is 36.9 Å². The number of piperidine rings is 1. The van der Waals surface area contributed by atoms with Crippen molar-refractivity contribution >= 4 is 34.2 Å². The number of hydrogen-bond donors (Lipinski definition) is 2. The fourth-order valence-electron chi connectivity index (χ4n) is 5.42. The number of amides is 2. The minimum atomic E-state index is -0.202. The van der Waals surface area contributed by atoms with Crippen LogP contribution in [0.5, 0.6) is 0 Å². The molecule has 10 nitrogen and oxygen atoms in total. The number of carbonyl (C=O) groups excluding carboxylic acids is 2. The molecule has 41 heavy (non-hydrogen) atoms. The minimum absolute atomic E-state index is 0.0722. The van der Waals surface area contributed by atoms with E-state index in [1.54, 1.807) is 29.2 Å². The van der Waals surface area contributed by atoms with Crippen molar-refractivity contribution in [3.63, 3.8) is 0 Å². The zero-order valence-corrected chi connectivity index (χ0v) is 22.7. The standard InChI is InChI=1S/C31H30N8O2/c1-3-26(40)38-15-7-10-24(19-38)39-29-25(22-16-34-37(2)18-22)17-33-30(32)27(29)28(36-39)20-11-13-21(14-12-20)31(41)35-23-8-5-4-6-9-23/h3-6,8-9,11-14,16-18,24H,1,7,10,15,19H2,2H3,(H2,32,33)(H,35,41). The van der Waals surface area contributed by atoms with Crippen molar-refractivity contribution in [2.24, 2.45) is 7.05 Å². The van der Waals surface area contributed by atoms with Crippen molar-refractivity contribution in [3.05, 3.63) is 91.4 Å². The number of nitrogens with one attached hydrogen (secondary N) is 1. The Labute approximate surface area is 237 Å². The van der Waals surface area contributed by atoms with Crippen LogP contribution < -0.4 is 11.1 Å². The average Bonchev–Trinajstić information content (AvgIpc) is 3.62. The number of nitrogens with zero attached hydrogens (tertiary/aromatic N) is 6. The van der Waals surface area contributed by atoms with Gasteiger partial charge in [-0.3, -0.25) is 19.0 Å². The first-order chi connectivity index (χ1) is 19.9. The summed E-state index contributed by atoms with van der Waals surface area (Å²) in [7, 11) is 1.86. The van der Waals surface area contributed by atoms with Crippen LogP contribution in [-0.4, -0.2) is 54.3 Å². The highest BCUT2D eigenvalue weighted by Crippen LogP contribution is 2.39. The lowest BCUT2D eigenvalue weighted by Crippen LogP contribution is -2.40. The molecule has 0 bridgehead atoms. The van der Waals surface area contributed by atoms with Crippen LogP contribution in [-0.2, 0) is 11.8 Å². The fourth-order valence-corrected chi connectivity index (χ4v) is 5.42. The molecule has 1 saturated heterocycles. The Balaban J connectivity index is 1.45. The van der Waals surface area contributed by atoms with Gasteiger partial charge in [0.25, 0.3) is 5.91 Å². The number of nitrogen functional groups attached to an aromatic ring is 1. The predicted octanol–water partition coefficient (Wildman–Crippen LogP) is 4.68. The molecule has 5 aromatic rings. The molecule has 10 heteroatoms. The second kappa shape index (κ2) is 10.7. The van der Waals surface area contributed by atoms with Gasteiger partial charge < -0.3 is 16.0 Å². The first-order valence-corrected chi connectivity index (χ1v) is 13.5. The van der Waals surface area contributed by atoms with E-state index in [1.165, 1.54) is 6.08 Å². The van der Waals surface area contributed by atoms with Gasteiger partial charge in [0, 0.05) is 60.5 Å². The van der Waals surface area contributed by atoms with Crippen LogP contribution in [0, 0.1) is 0 Å². The summed E-state index contributed by atoms with van der Waals surface area (Å²) in [6, 6.07) is 16.6. The second-order valence-corrected chi connectivity index (χ2v) is 10.2. The van der Waals surface area contributed by atoms with Crippen LogP contribution in [0.15, 0.2) is 85.8 Å². The number of carbonyl (C=O) groups is 2. The van der Waals surface area contributed by atoms with Crippen molar-refractivity contribution in [1.82, 2.24) is 29.4 Å². The zero-order chi connectivity index (χ0) is 28.5. The Morgan fingerprint density at radius 2 is 1.85 bits per heavy atom. The van der Waals surface area contributed by atoms with Crippen molar-refractivity contribution in [2.45, 2.75) is 18.9 Å². The number of rotatable bonds is 6. The van der Waals surface area contributed by atoms with Crippen molar-refractivity contribution in [2.75, 3.05) is 24.1 Å². The quantitative estimate of drug-likeness (QED) is 0.298. The molecule has 3 aromatic heterocycles. The van der Waals surface area contributed by atoms with Crippen LogP contribution in [0.1, 0.15) is 29.2 Å². The van der Waals surface area contributed by atoms with Crippen LogP contribution in [0.25, 0.3) is 33.3 Å². The van der Waals surface area contributed by atoms with Crippen LogP contribution >= 0.6 is 0 Å². The number of hydrogen-bond acceptors (Lipinski definition) is 6. The number of nitrogens with two attached hydrogens (primary N) is 1. The van der Waals surface area contributed by atoms with Crippen molar-refractivity contribution in [3.8, 4) is 22.4 Å². The third kappa shape index (κ3) is 4.95. The molecule has 0 radical (unpaired) electrons. The molecule has 0 saturated carbocycles. The lowest BCUT2D eigenvalue weighted by molar-refractivity contribution is -0.127.